The summed E-state index contributed by atoms with van der Waals surface area (Å²) in [5.74, 6) is 1.17. The first kappa shape index (κ1) is 15.1. The zero-order valence-corrected chi connectivity index (χ0v) is 14.6. The number of pyridine rings is 1. The maximum Gasteiger partial charge on any atom is 0.259 e. The third-order valence-electron chi connectivity index (χ3n) is 3.36. The van der Waals surface area contributed by atoms with Crippen LogP contribution in [0, 0.1) is 0 Å². The van der Waals surface area contributed by atoms with Crippen molar-refractivity contribution < 1.29 is 14.3 Å². The first-order chi connectivity index (χ1) is 11.7. The summed E-state index contributed by atoms with van der Waals surface area (Å²) in [6, 6.07) is 7.34. The van der Waals surface area contributed by atoms with Crippen molar-refractivity contribution in [1.29, 1.82) is 0 Å². The molecule has 1 amide bonds. The molecule has 3 aromatic rings. The highest BCUT2D eigenvalue weighted by molar-refractivity contribution is 9.10. The van der Waals surface area contributed by atoms with Gasteiger partial charge in [-0.25, -0.2) is 4.98 Å². The predicted octanol–water partition coefficient (Wildman–Crippen LogP) is 3.95. The molecular formula is C16H10BrN3O3S. The molecule has 0 saturated carbocycles. The summed E-state index contributed by atoms with van der Waals surface area (Å²) in [6.45, 7) is 0.234. The van der Waals surface area contributed by atoms with E-state index >= 15 is 0 Å². The largest absolute Gasteiger partial charge is 0.454 e. The number of amides is 1. The van der Waals surface area contributed by atoms with E-state index < -0.39 is 0 Å². The number of fused-ring (bicyclic) bond motifs is 1. The van der Waals surface area contributed by atoms with Crippen LogP contribution in [0.2, 0.25) is 0 Å². The highest BCUT2D eigenvalue weighted by Gasteiger charge is 2.16. The Balaban J connectivity index is 1.53. The molecule has 4 rings (SSSR count). The molecule has 3 heterocycles. The summed E-state index contributed by atoms with van der Waals surface area (Å²) < 4.78 is 11.4. The Morgan fingerprint density at radius 1 is 1.21 bits per heavy atom. The van der Waals surface area contributed by atoms with Crippen LogP contribution in [-0.2, 0) is 0 Å². The van der Waals surface area contributed by atoms with Gasteiger partial charge in [0.25, 0.3) is 5.91 Å². The van der Waals surface area contributed by atoms with Crippen molar-refractivity contribution in [3.8, 4) is 22.8 Å². The third-order valence-corrected chi connectivity index (χ3v) is 4.55. The van der Waals surface area contributed by atoms with Crippen LogP contribution in [0.3, 0.4) is 0 Å². The number of ether oxygens (including phenoxy) is 2. The van der Waals surface area contributed by atoms with E-state index in [0.717, 1.165) is 21.5 Å². The highest BCUT2D eigenvalue weighted by atomic mass is 79.9. The number of anilines is 1. The lowest BCUT2D eigenvalue weighted by molar-refractivity contribution is 0.102. The lowest BCUT2D eigenvalue weighted by Crippen LogP contribution is -2.11. The summed E-state index contributed by atoms with van der Waals surface area (Å²) in [5, 5.41) is 5.18. The molecule has 1 aliphatic rings. The molecule has 0 atom stereocenters. The molecule has 0 unspecified atom stereocenters. The summed E-state index contributed by atoms with van der Waals surface area (Å²) in [4.78, 5) is 20.7. The molecule has 120 valence electrons. The van der Waals surface area contributed by atoms with E-state index in [-0.39, 0.29) is 12.7 Å². The second kappa shape index (κ2) is 6.21. The Kier molecular flexibility index (Phi) is 3.91. The monoisotopic (exact) mass is 403 g/mol. The second-order valence-corrected chi connectivity index (χ2v) is 6.73. The molecule has 24 heavy (non-hydrogen) atoms. The van der Waals surface area contributed by atoms with Gasteiger partial charge in [-0.1, -0.05) is 0 Å². The van der Waals surface area contributed by atoms with E-state index in [4.69, 9.17) is 9.47 Å². The van der Waals surface area contributed by atoms with Crippen LogP contribution in [0.15, 0.2) is 46.5 Å². The van der Waals surface area contributed by atoms with Crippen molar-refractivity contribution in [3.63, 3.8) is 0 Å². The third kappa shape index (κ3) is 2.98. The summed E-state index contributed by atoms with van der Waals surface area (Å²) >= 11 is 4.66. The van der Waals surface area contributed by atoms with Crippen LogP contribution in [0.1, 0.15) is 10.4 Å². The van der Waals surface area contributed by atoms with E-state index in [1.165, 1.54) is 17.5 Å². The fourth-order valence-corrected chi connectivity index (χ4v) is 3.30. The molecule has 0 spiro atoms. The predicted molar refractivity (Wildman–Crippen MR) is 93.6 cm³/mol. The van der Waals surface area contributed by atoms with Gasteiger partial charge in [-0.3, -0.25) is 15.1 Å². The lowest BCUT2D eigenvalue weighted by atomic mass is 10.1. The van der Waals surface area contributed by atoms with Gasteiger partial charge in [0.15, 0.2) is 16.6 Å². The van der Waals surface area contributed by atoms with Gasteiger partial charge in [-0.15, -0.1) is 11.3 Å². The Morgan fingerprint density at radius 2 is 2.08 bits per heavy atom. The van der Waals surface area contributed by atoms with Crippen molar-refractivity contribution in [2.24, 2.45) is 0 Å². The van der Waals surface area contributed by atoms with E-state index in [1.54, 1.807) is 12.3 Å². The lowest BCUT2D eigenvalue weighted by Gasteiger charge is -2.02. The second-order valence-electron chi connectivity index (χ2n) is 4.95. The van der Waals surface area contributed by atoms with Crippen molar-refractivity contribution in [2.75, 3.05) is 12.1 Å². The first-order valence-electron chi connectivity index (χ1n) is 6.96. The first-order valence-corrected chi connectivity index (χ1v) is 8.64. The van der Waals surface area contributed by atoms with Gasteiger partial charge < -0.3 is 9.47 Å². The number of halogens is 1. The average Bonchev–Trinajstić information content (AvgIpc) is 3.23. The van der Waals surface area contributed by atoms with Gasteiger partial charge in [0.2, 0.25) is 6.79 Å². The van der Waals surface area contributed by atoms with E-state index in [0.29, 0.717) is 16.4 Å². The quantitative estimate of drug-likeness (QED) is 0.716. The van der Waals surface area contributed by atoms with Crippen molar-refractivity contribution >= 4 is 38.3 Å². The Hall–Kier alpha value is -2.45. The van der Waals surface area contributed by atoms with Crippen molar-refractivity contribution in [3.05, 3.63) is 52.1 Å². The normalized spacial score (nSPS) is 12.2. The van der Waals surface area contributed by atoms with E-state index in [9.17, 15) is 4.79 Å². The Bertz CT molecular complexity index is 928. The van der Waals surface area contributed by atoms with Gasteiger partial charge in [0.05, 0.1) is 11.3 Å². The molecule has 6 nitrogen and oxygen atoms in total. The minimum absolute atomic E-state index is 0.234. The van der Waals surface area contributed by atoms with Crippen LogP contribution < -0.4 is 14.8 Å². The number of hydrogen-bond acceptors (Lipinski definition) is 6. The molecule has 0 radical (unpaired) electrons. The molecule has 2 aromatic heterocycles. The van der Waals surface area contributed by atoms with Crippen molar-refractivity contribution in [2.45, 2.75) is 0 Å². The van der Waals surface area contributed by atoms with Crippen LogP contribution in [-0.4, -0.2) is 22.7 Å². The van der Waals surface area contributed by atoms with Crippen LogP contribution in [0.4, 0.5) is 5.13 Å². The van der Waals surface area contributed by atoms with Gasteiger partial charge in [0.1, 0.15) is 0 Å². The number of aromatic nitrogens is 2. The average molecular weight is 404 g/mol. The number of rotatable bonds is 3. The number of nitrogens with one attached hydrogen (secondary N) is 1. The number of carbonyl (C=O) groups is 1. The fourth-order valence-electron chi connectivity index (χ4n) is 2.22. The molecule has 1 aromatic carbocycles. The van der Waals surface area contributed by atoms with Crippen LogP contribution >= 0.6 is 27.3 Å². The van der Waals surface area contributed by atoms with E-state index in [1.807, 2.05) is 23.6 Å². The van der Waals surface area contributed by atoms with Gasteiger partial charge >= 0.3 is 0 Å². The number of nitrogens with zero attached hydrogens (tertiary/aromatic N) is 2. The molecule has 0 bridgehead atoms. The molecule has 0 aliphatic carbocycles. The smallest absolute Gasteiger partial charge is 0.259 e. The minimum atomic E-state index is -0.254. The zero-order chi connectivity index (χ0) is 16.5. The number of carbonyl (C=O) groups excluding carboxylic acids is 1. The maximum atomic E-state index is 12.2. The standard InChI is InChI=1S/C16H10BrN3O3S/c17-11-3-10(5-18-6-11)15(21)20-16-19-12(7-24-16)9-1-2-13-14(4-9)23-8-22-13/h1-7H,8H2,(H,19,20,21). The Labute approximate surface area is 149 Å². The number of benzene rings is 1. The summed E-state index contributed by atoms with van der Waals surface area (Å²) in [7, 11) is 0. The van der Waals surface area contributed by atoms with E-state index in [2.05, 4.69) is 31.2 Å². The van der Waals surface area contributed by atoms with Crippen molar-refractivity contribution in [1.82, 2.24) is 9.97 Å². The molecule has 8 heteroatoms. The van der Waals surface area contributed by atoms with Gasteiger partial charge in [-0.05, 0) is 40.2 Å². The SMILES string of the molecule is O=C(Nc1nc(-c2ccc3c(c2)OCO3)cs1)c1cncc(Br)c1. The topological polar surface area (TPSA) is 73.3 Å². The zero-order valence-electron chi connectivity index (χ0n) is 12.2. The van der Waals surface area contributed by atoms with Crippen LogP contribution in [0.25, 0.3) is 11.3 Å². The number of thiazole rings is 1. The summed E-state index contributed by atoms with van der Waals surface area (Å²) in [5.41, 5.74) is 2.13. The Morgan fingerprint density at radius 3 is 2.96 bits per heavy atom. The molecular weight excluding hydrogens is 394 g/mol. The van der Waals surface area contributed by atoms with Gasteiger partial charge in [-0.2, -0.15) is 0 Å². The molecule has 1 aliphatic heterocycles. The maximum absolute atomic E-state index is 12.2. The fraction of sp³-hybridized carbons (Fsp3) is 0.0625. The highest BCUT2D eigenvalue weighted by Crippen LogP contribution is 2.36. The molecule has 1 N–H and O–H groups in total. The number of hydrogen-bond donors (Lipinski definition) is 1. The van der Waals surface area contributed by atoms with Crippen LogP contribution in [0.5, 0.6) is 11.5 Å². The summed E-state index contributed by atoms with van der Waals surface area (Å²) in [6.07, 6.45) is 3.13. The molecule has 0 saturated heterocycles. The van der Waals surface area contributed by atoms with Gasteiger partial charge in [0, 0.05) is 27.8 Å². The molecule has 0 fully saturated rings. The minimum Gasteiger partial charge on any atom is -0.454 e.